The zero-order valence-electron chi connectivity index (χ0n) is 63.0. The van der Waals surface area contributed by atoms with Gasteiger partial charge >= 0.3 is 11.9 Å². The van der Waals surface area contributed by atoms with Crippen molar-refractivity contribution in [2.45, 2.75) is 186 Å². The maximum Gasteiger partial charge on any atom is 0.326 e. The number of rotatable bonds is 45. The van der Waals surface area contributed by atoms with Gasteiger partial charge in [-0.05, 0) is 145 Å². The summed E-state index contributed by atoms with van der Waals surface area (Å²) in [6.07, 6.45) is -0.00671. The lowest BCUT2D eigenvalue weighted by atomic mass is 9.90. The van der Waals surface area contributed by atoms with Crippen molar-refractivity contribution in [3.05, 3.63) is 148 Å². The molecule has 111 heavy (non-hydrogen) atoms. The smallest absolute Gasteiger partial charge is 0.326 e. The van der Waals surface area contributed by atoms with E-state index in [2.05, 4.69) is 83.8 Å². The summed E-state index contributed by atoms with van der Waals surface area (Å²) in [7, 11) is 0. The van der Waals surface area contributed by atoms with Crippen LogP contribution < -0.4 is 63.6 Å². The zero-order valence-corrected chi connectivity index (χ0v) is 63.0. The van der Waals surface area contributed by atoms with E-state index < -0.39 is 175 Å². The highest BCUT2D eigenvalue weighted by Crippen LogP contribution is 2.29. The second kappa shape index (κ2) is 42.4. The summed E-state index contributed by atoms with van der Waals surface area (Å²) in [6, 6.07) is 10.5. The molecule has 0 aliphatic carbocycles. The Balaban J connectivity index is 1.17. The summed E-state index contributed by atoms with van der Waals surface area (Å²) >= 11 is 0. The van der Waals surface area contributed by atoms with Gasteiger partial charge < -0.3 is 94.2 Å². The number of hydrogen-bond donors (Lipinski definition) is 18. The molecule has 6 aromatic rings. The average Bonchev–Trinajstić information content (AvgIpc) is 1.29. The number of amides is 10. The molecule has 4 aromatic carbocycles. The molecular weight excluding hydrogens is 1450 g/mol. The van der Waals surface area contributed by atoms with Crippen molar-refractivity contribution in [2.24, 2.45) is 11.1 Å². The molecule has 0 unspecified atom stereocenters. The van der Waals surface area contributed by atoms with Gasteiger partial charge in [-0.15, -0.1) is 10.2 Å². The van der Waals surface area contributed by atoms with E-state index >= 15 is 4.39 Å². The number of aromatic nitrogens is 6. The van der Waals surface area contributed by atoms with E-state index in [0.29, 0.717) is 55.8 Å². The molecule has 0 spiro atoms. The maximum absolute atomic E-state index is 15.5. The van der Waals surface area contributed by atoms with Gasteiger partial charge in [0.2, 0.25) is 59.1 Å². The van der Waals surface area contributed by atoms with Gasteiger partial charge in [-0.2, -0.15) is 5.21 Å². The molecular formula is C75H100FN17O18. The number of nitrogens with one attached hydrogen (secondary N) is 12. The first kappa shape index (κ1) is 88.3. The van der Waals surface area contributed by atoms with E-state index in [1.807, 2.05) is 57.2 Å². The van der Waals surface area contributed by atoms with E-state index in [0.717, 1.165) is 73.1 Å². The van der Waals surface area contributed by atoms with Gasteiger partial charge in [0.15, 0.2) is 5.82 Å². The molecule has 0 radical (unpaired) electrons. The van der Waals surface area contributed by atoms with E-state index in [1.54, 1.807) is 30.5 Å². The Labute approximate surface area is 639 Å². The molecule has 6 rings (SSSR count). The van der Waals surface area contributed by atoms with Crippen LogP contribution in [0.1, 0.15) is 119 Å². The summed E-state index contributed by atoms with van der Waals surface area (Å²) in [5, 5.41) is 89.9. The molecule has 0 aliphatic heterocycles. The third-order valence-corrected chi connectivity index (χ3v) is 18.1. The average molecular weight is 1550 g/mol. The van der Waals surface area contributed by atoms with Gasteiger partial charge in [-0.1, -0.05) is 90.0 Å². The molecule has 2 heterocycles. The Hall–Kier alpha value is -11.6. The number of aliphatic carboxylic acids is 2. The molecule has 36 heteroatoms. The zero-order chi connectivity index (χ0) is 81.7. The first-order valence-corrected chi connectivity index (χ1v) is 36.1. The van der Waals surface area contributed by atoms with Crippen LogP contribution in [-0.2, 0) is 96.1 Å². The number of H-pyrrole nitrogens is 2. The Kier molecular flexibility index (Phi) is 33.7. The first-order chi connectivity index (χ1) is 52.6. The number of tetrazole rings is 1. The number of nitrogens with two attached hydrogens (primary N) is 1. The topological polar surface area (TPSA) is 545 Å². The lowest BCUT2D eigenvalue weighted by Crippen LogP contribution is -2.67. The molecule has 0 fully saturated rings. The van der Waals surface area contributed by atoms with Crippen molar-refractivity contribution in [3.8, 4) is 16.9 Å². The van der Waals surface area contributed by atoms with Crippen molar-refractivity contribution < 1.29 is 92.2 Å². The lowest BCUT2D eigenvalue weighted by molar-refractivity contribution is -0.143. The summed E-state index contributed by atoms with van der Waals surface area (Å²) in [5.74, 6) is -14.9. The van der Waals surface area contributed by atoms with Gasteiger partial charge in [0.1, 0.15) is 64.8 Å². The SMILES string of the molecule is CCc1cc(OCCCCN)ccc1-c1ccc(C[C@H](NC(=O)[C@H](CC(=O)O)NC(=O)[C@H](CO)NC(=O)[C@@H](NC(=O)[C@](C)(Cc2ccccc2F)NC(=O)[C@@H](NC(=O)CNC(=O)[C@H](Cc2nn[nH]n2)NC(=O)C(C)(C)C(=O)NCCc2cnc[nH]2)[C@@H](C)O)[C@@H](C)O)C(=O)N[C@@H](CCCc2cc(C)cc(C)c2)C(=O)O)cc1. The number of halogens is 1. The van der Waals surface area contributed by atoms with E-state index in [1.165, 1.54) is 38.4 Å². The Morgan fingerprint density at radius 1 is 0.640 bits per heavy atom. The lowest BCUT2D eigenvalue weighted by Gasteiger charge is -2.34. The predicted octanol–water partition coefficient (Wildman–Crippen LogP) is -0.840. The molecule has 0 bridgehead atoms. The van der Waals surface area contributed by atoms with E-state index in [4.69, 9.17) is 10.5 Å². The highest BCUT2D eigenvalue weighted by Gasteiger charge is 2.43. The Bertz CT molecular complexity index is 4160. The first-order valence-electron chi connectivity index (χ1n) is 36.1. The third-order valence-electron chi connectivity index (χ3n) is 18.1. The van der Waals surface area contributed by atoms with Crippen LogP contribution in [0.15, 0.2) is 97.5 Å². The van der Waals surface area contributed by atoms with Crippen LogP contribution in [0.25, 0.3) is 11.1 Å². The van der Waals surface area contributed by atoms with Crippen LogP contribution in [0.5, 0.6) is 5.75 Å². The highest BCUT2D eigenvalue weighted by atomic mass is 19.1. The van der Waals surface area contributed by atoms with Gasteiger partial charge in [0, 0.05) is 44.1 Å². The monoisotopic (exact) mass is 1550 g/mol. The highest BCUT2D eigenvalue weighted by molar-refractivity contribution is 6.06. The molecule has 35 nitrogen and oxygen atoms in total. The Morgan fingerprint density at radius 3 is 1.89 bits per heavy atom. The molecule has 10 atom stereocenters. The number of ether oxygens (including phenoxy) is 1. The fourth-order valence-corrected chi connectivity index (χ4v) is 11.8. The third kappa shape index (κ3) is 27.2. The number of carbonyl (C=O) groups excluding carboxylic acids is 10. The number of benzene rings is 4. The largest absolute Gasteiger partial charge is 0.494 e. The van der Waals surface area contributed by atoms with Gasteiger partial charge in [-0.25, -0.2) is 14.2 Å². The summed E-state index contributed by atoms with van der Waals surface area (Å²) in [5.41, 5.74) is 7.97. The molecule has 2 aromatic heterocycles. The second-order valence-corrected chi connectivity index (χ2v) is 27.7. The normalized spacial score (nSPS) is 14.3. The number of carbonyl (C=O) groups is 12. The van der Waals surface area contributed by atoms with Crippen molar-refractivity contribution >= 4 is 71.0 Å². The molecule has 19 N–H and O–H groups in total. The second-order valence-electron chi connectivity index (χ2n) is 27.7. The summed E-state index contributed by atoms with van der Waals surface area (Å²) in [4.78, 5) is 173. The van der Waals surface area contributed by atoms with Crippen molar-refractivity contribution in [1.82, 2.24) is 83.8 Å². The fraction of sp³-hybridized carbons (Fsp3) is 0.467. The summed E-state index contributed by atoms with van der Waals surface area (Å²) in [6.45, 7) is 10.5. The van der Waals surface area contributed by atoms with Crippen molar-refractivity contribution in [1.29, 1.82) is 0 Å². The number of unbranched alkanes of at least 4 members (excludes halogenated alkanes) is 1. The minimum Gasteiger partial charge on any atom is -0.494 e. The molecule has 600 valence electrons. The number of hydrogen-bond acceptors (Lipinski definition) is 21. The molecule has 10 amide bonds. The molecule has 0 aliphatic rings. The summed E-state index contributed by atoms with van der Waals surface area (Å²) < 4.78 is 21.5. The quantitative estimate of drug-likeness (QED) is 0.0164. The van der Waals surface area contributed by atoms with Crippen LogP contribution in [-0.4, -0.2) is 220 Å². The number of aliphatic hydroxyl groups excluding tert-OH is 3. The minimum absolute atomic E-state index is 0.0480. The maximum atomic E-state index is 15.5. The fourth-order valence-electron chi connectivity index (χ4n) is 11.8. The van der Waals surface area contributed by atoms with Gasteiger partial charge in [0.05, 0.1) is 44.7 Å². The van der Waals surface area contributed by atoms with Crippen LogP contribution in [0.4, 0.5) is 4.39 Å². The van der Waals surface area contributed by atoms with Crippen molar-refractivity contribution in [3.63, 3.8) is 0 Å². The van der Waals surface area contributed by atoms with E-state index in [9.17, 15) is 83.1 Å². The number of carboxylic acid groups (broad SMARTS) is 2. The Morgan fingerprint density at radius 2 is 1.28 bits per heavy atom. The van der Waals surface area contributed by atoms with Crippen LogP contribution >= 0.6 is 0 Å². The number of aryl methyl sites for hydroxylation is 4. The standard InChI is InChI=1S/C75H100FN17O18/c1-9-47-33-51(111-28-13-12-26-77)23-24-52(47)48-21-19-45(20-22-48)32-55(65(101)82-54(70(106)107)18-14-15-46-30-41(2)29-42(3)31-46)83-66(102)57(35-61(98)99)84-67(103)58(39-94)85-68(104)62(43(4)95)88-73(110)75(8,36-49-16-10-11-17-53(49)76)89-69(105)63(44(5)96)87-60(97)38-80-64(100)56(34-59-90-92-93-91-59)86-72(109)74(6,7)71(108)79-27-25-50-37-78-40-81-50/h10-11,16-17,19-24,29-31,33,37,40,43-44,54-58,62-63,94-96H,9,12-15,18,25-28,32,34-36,38-39,77H2,1-8H3,(H,78,81)(H,79,108)(H,80,100)(H,82,101)(H,83,102)(H,84,103)(H,85,104)(H,86,109)(H,87,97)(H,88,110)(H,89,105)(H,98,99)(H,106,107)(H,90,91,92,93)/t43-,44-,54+,55+,56+,57+,58+,62+,63+,75+/m1/s1. The number of aliphatic hydroxyl groups is 3. The molecule has 0 saturated heterocycles. The van der Waals surface area contributed by atoms with Crippen LogP contribution in [0, 0.1) is 25.1 Å². The number of aromatic amines is 2. The van der Waals surface area contributed by atoms with Gasteiger partial charge in [0.25, 0.3) is 0 Å². The van der Waals surface area contributed by atoms with Crippen LogP contribution in [0.2, 0.25) is 0 Å². The minimum atomic E-state index is -2.41. The number of nitrogens with zero attached hydrogens (tertiary/aromatic N) is 4. The predicted molar refractivity (Wildman–Crippen MR) is 398 cm³/mol. The van der Waals surface area contributed by atoms with E-state index in [-0.39, 0.29) is 30.8 Å². The van der Waals surface area contributed by atoms with Gasteiger partial charge in [-0.3, -0.25) is 52.7 Å². The number of imidazole rings is 1. The number of carboxylic acids is 2. The molecule has 0 saturated carbocycles. The van der Waals surface area contributed by atoms with Crippen LogP contribution in [0.3, 0.4) is 0 Å². The van der Waals surface area contributed by atoms with Crippen molar-refractivity contribution in [2.75, 3.05) is 32.8 Å².